The van der Waals surface area contributed by atoms with Crippen LogP contribution in [0.2, 0.25) is 5.02 Å². The number of rotatable bonds is 5. The van der Waals surface area contributed by atoms with Crippen LogP contribution in [0.5, 0.6) is 0 Å². The normalized spacial score (nSPS) is 12.4. The lowest BCUT2D eigenvalue weighted by atomic mass is 9.91. The van der Waals surface area contributed by atoms with Gasteiger partial charge in [0.25, 0.3) is 0 Å². The monoisotopic (exact) mass is 295 g/mol. The van der Waals surface area contributed by atoms with Gasteiger partial charge in [-0.3, -0.25) is 0 Å². The number of likely N-dealkylation sites (N-methyl/N-ethyl adjacent to an activating group) is 1. The van der Waals surface area contributed by atoms with Crippen LogP contribution in [-0.4, -0.2) is 13.6 Å². The van der Waals surface area contributed by atoms with Crippen LogP contribution in [0.25, 0.3) is 0 Å². The molecule has 1 nitrogen and oxygen atoms in total. The second kappa shape index (κ2) is 6.82. The van der Waals surface area contributed by atoms with Gasteiger partial charge in [-0.2, -0.15) is 0 Å². The lowest BCUT2D eigenvalue weighted by Crippen LogP contribution is -2.20. The molecule has 0 saturated carbocycles. The number of nitrogens with one attached hydrogen (secondary N) is 1. The number of hydrogen-bond donors (Lipinski definition) is 1. The van der Waals surface area contributed by atoms with E-state index >= 15 is 0 Å². The number of hydrogen-bond acceptors (Lipinski definition) is 1. The van der Waals surface area contributed by atoms with Gasteiger partial charge in [-0.25, -0.2) is 8.78 Å². The first-order valence-electron chi connectivity index (χ1n) is 6.44. The quantitative estimate of drug-likeness (QED) is 0.873. The summed E-state index contributed by atoms with van der Waals surface area (Å²) < 4.78 is 27.8. The van der Waals surface area contributed by atoms with Crippen LogP contribution < -0.4 is 5.32 Å². The van der Waals surface area contributed by atoms with Gasteiger partial charge in [0.15, 0.2) is 0 Å². The predicted octanol–water partition coefficient (Wildman–Crippen LogP) is 4.16. The zero-order chi connectivity index (χ0) is 14.5. The molecule has 4 heteroatoms. The molecule has 0 aliphatic carbocycles. The molecule has 0 heterocycles. The molecule has 2 aromatic rings. The van der Waals surface area contributed by atoms with Gasteiger partial charge in [0.2, 0.25) is 0 Å². The summed E-state index contributed by atoms with van der Waals surface area (Å²) in [5.74, 6) is -0.742. The Morgan fingerprint density at radius 1 is 1.10 bits per heavy atom. The maximum atomic E-state index is 13.9. The Labute approximate surface area is 122 Å². The molecule has 0 radical (unpaired) electrons. The first-order chi connectivity index (χ1) is 9.61. The van der Waals surface area contributed by atoms with Crippen molar-refractivity contribution >= 4 is 11.6 Å². The Morgan fingerprint density at radius 3 is 2.50 bits per heavy atom. The van der Waals surface area contributed by atoms with E-state index in [1.165, 1.54) is 12.1 Å². The summed E-state index contributed by atoms with van der Waals surface area (Å²) in [7, 11) is 1.80. The fourth-order valence-corrected chi connectivity index (χ4v) is 2.46. The number of halogens is 3. The molecular weight excluding hydrogens is 280 g/mol. The van der Waals surface area contributed by atoms with Crippen LogP contribution in [0.3, 0.4) is 0 Å². The molecule has 0 aliphatic heterocycles. The molecule has 106 valence electrons. The minimum absolute atomic E-state index is 0.128. The Hall–Kier alpha value is -1.45. The van der Waals surface area contributed by atoms with Crippen molar-refractivity contribution in [2.75, 3.05) is 13.6 Å². The summed E-state index contributed by atoms with van der Waals surface area (Å²) in [4.78, 5) is 0. The van der Waals surface area contributed by atoms with Gasteiger partial charge in [-0.05, 0) is 42.8 Å². The van der Waals surface area contributed by atoms with E-state index < -0.39 is 0 Å². The molecule has 20 heavy (non-hydrogen) atoms. The van der Waals surface area contributed by atoms with Gasteiger partial charge in [-0.1, -0.05) is 35.9 Å². The van der Waals surface area contributed by atoms with Gasteiger partial charge in [0.1, 0.15) is 11.6 Å². The van der Waals surface area contributed by atoms with Crippen molar-refractivity contribution in [2.45, 2.75) is 12.3 Å². The van der Waals surface area contributed by atoms with Crippen molar-refractivity contribution in [3.63, 3.8) is 0 Å². The first kappa shape index (κ1) is 14.9. The van der Waals surface area contributed by atoms with E-state index in [4.69, 9.17) is 11.6 Å². The highest BCUT2D eigenvalue weighted by molar-refractivity contribution is 6.30. The van der Waals surface area contributed by atoms with E-state index in [1.54, 1.807) is 37.4 Å². The van der Waals surface area contributed by atoms with Crippen molar-refractivity contribution in [1.29, 1.82) is 0 Å². The Morgan fingerprint density at radius 2 is 1.85 bits per heavy atom. The largest absolute Gasteiger partial charge is 0.319 e. The summed E-state index contributed by atoms with van der Waals surface area (Å²) >= 11 is 5.74. The molecule has 2 aromatic carbocycles. The standard InChI is InChI=1S/C16H16ClF2N/c1-20-10-12(14-4-2-3-5-15(14)18)8-11-6-7-13(17)9-16(11)19/h2-7,9,12,20H,8,10H2,1H3. The topological polar surface area (TPSA) is 12.0 Å². The van der Waals surface area contributed by atoms with Crippen LogP contribution in [0.4, 0.5) is 8.78 Å². The zero-order valence-electron chi connectivity index (χ0n) is 11.2. The van der Waals surface area contributed by atoms with Gasteiger partial charge in [0.05, 0.1) is 0 Å². The molecular formula is C16H16ClF2N. The van der Waals surface area contributed by atoms with Crippen LogP contribution in [0.15, 0.2) is 42.5 Å². The second-order valence-electron chi connectivity index (χ2n) is 4.72. The van der Waals surface area contributed by atoms with E-state index in [0.717, 1.165) is 0 Å². The molecule has 0 amide bonds. The maximum Gasteiger partial charge on any atom is 0.127 e. The van der Waals surface area contributed by atoms with Crippen LogP contribution in [-0.2, 0) is 6.42 Å². The Kier molecular flexibility index (Phi) is 5.10. The van der Waals surface area contributed by atoms with E-state index in [-0.39, 0.29) is 17.6 Å². The van der Waals surface area contributed by atoms with Crippen LogP contribution >= 0.6 is 11.6 Å². The summed E-state index contributed by atoms with van der Waals surface area (Å²) in [5.41, 5.74) is 1.13. The summed E-state index contributed by atoms with van der Waals surface area (Å²) in [6.07, 6.45) is 0.421. The third-order valence-corrected chi connectivity index (χ3v) is 3.51. The molecule has 0 aliphatic rings. The van der Waals surface area contributed by atoms with Gasteiger partial charge in [-0.15, -0.1) is 0 Å². The lowest BCUT2D eigenvalue weighted by Gasteiger charge is -2.18. The highest BCUT2D eigenvalue weighted by Crippen LogP contribution is 2.25. The van der Waals surface area contributed by atoms with Gasteiger partial charge < -0.3 is 5.32 Å². The molecule has 0 spiro atoms. The fourth-order valence-electron chi connectivity index (χ4n) is 2.30. The predicted molar refractivity (Wildman–Crippen MR) is 78.2 cm³/mol. The van der Waals surface area contributed by atoms with E-state index in [0.29, 0.717) is 29.1 Å². The zero-order valence-corrected chi connectivity index (χ0v) is 11.9. The Balaban J connectivity index is 2.28. The van der Waals surface area contributed by atoms with Crippen molar-refractivity contribution in [1.82, 2.24) is 5.32 Å². The molecule has 2 rings (SSSR count). The summed E-state index contributed by atoms with van der Waals surface area (Å²) in [5, 5.41) is 3.39. The molecule has 1 N–H and O–H groups in total. The third-order valence-electron chi connectivity index (χ3n) is 3.28. The van der Waals surface area contributed by atoms with Crippen LogP contribution in [0, 0.1) is 11.6 Å². The molecule has 0 aromatic heterocycles. The SMILES string of the molecule is CNCC(Cc1ccc(Cl)cc1F)c1ccccc1F. The molecule has 0 saturated heterocycles. The van der Waals surface area contributed by atoms with E-state index in [1.807, 2.05) is 0 Å². The van der Waals surface area contributed by atoms with Crippen molar-refractivity contribution < 1.29 is 8.78 Å². The van der Waals surface area contributed by atoms with Gasteiger partial charge in [0, 0.05) is 17.5 Å². The van der Waals surface area contributed by atoms with E-state index in [9.17, 15) is 8.78 Å². The molecule has 1 unspecified atom stereocenters. The third kappa shape index (κ3) is 3.56. The summed E-state index contributed by atoms with van der Waals surface area (Å²) in [6.45, 7) is 0.572. The smallest absolute Gasteiger partial charge is 0.127 e. The highest BCUT2D eigenvalue weighted by Gasteiger charge is 2.17. The first-order valence-corrected chi connectivity index (χ1v) is 6.82. The second-order valence-corrected chi connectivity index (χ2v) is 5.15. The van der Waals surface area contributed by atoms with Crippen LogP contribution in [0.1, 0.15) is 17.0 Å². The highest BCUT2D eigenvalue weighted by atomic mass is 35.5. The minimum Gasteiger partial charge on any atom is -0.319 e. The average Bonchev–Trinajstić information content (AvgIpc) is 2.42. The Bertz CT molecular complexity index is 586. The number of benzene rings is 2. The maximum absolute atomic E-state index is 13.9. The van der Waals surface area contributed by atoms with Crippen molar-refractivity contribution in [3.05, 3.63) is 70.2 Å². The summed E-state index contributed by atoms with van der Waals surface area (Å²) in [6, 6.07) is 11.2. The van der Waals surface area contributed by atoms with Crippen molar-refractivity contribution in [3.8, 4) is 0 Å². The molecule has 0 bridgehead atoms. The van der Waals surface area contributed by atoms with Crippen molar-refractivity contribution in [2.24, 2.45) is 0 Å². The fraction of sp³-hybridized carbons (Fsp3) is 0.250. The lowest BCUT2D eigenvalue weighted by molar-refractivity contribution is 0.541. The van der Waals surface area contributed by atoms with E-state index in [2.05, 4.69) is 5.32 Å². The van der Waals surface area contributed by atoms with Gasteiger partial charge >= 0.3 is 0 Å². The molecule has 0 fully saturated rings. The molecule has 1 atom stereocenters. The minimum atomic E-state index is -0.352. The average molecular weight is 296 g/mol.